The average Bonchev–Trinajstić information content (AvgIpc) is 2.56. The molecular formula is C19H18N2O. The number of aromatic nitrogens is 2. The van der Waals surface area contributed by atoms with Crippen LogP contribution in [0, 0.1) is 0 Å². The summed E-state index contributed by atoms with van der Waals surface area (Å²) in [5.74, 6) is 0.0503. The quantitative estimate of drug-likeness (QED) is 0.667. The number of fused-ring (bicyclic) bond motifs is 1. The van der Waals surface area contributed by atoms with Gasteiger partial charge in [-0.05, 0) is 36.2 Å². The van der Waals surface area contributed by atoms with Crippen LogP contribution in [-0.4, -0.2) is 15.8 Å². The van der Waals surface area contributed by atoms with Gasteiger partial charge in [0.15, 0.2) is 5.78 Å². The van der Waals surface area contributed by atoms with E-state index in [9.17, 15) is 4.79 Å². The fourth-order valence-corrected chi connectivity index (χ4v) is 2.60. The molecule has 0 bridgehead atoms. The van der Waals surface area contributed by atoms with E-state index in [1.54, 1.807) is 12.3 Å². The molecule has 0 fully saturated rings. The number of para-hydroxylation sites is 1. The molecule has 0 aliphatic heterocycles. The molecule has 0 aliphatic rings. The summed E-state index contributed by atoms with van der Waals surface area (Å²) in [4.78, 5) is 21.3. The maximum absolute atomic E-state index is 12.5. The van der Waals surface area contributed by atoms with Crippen LogP contribution in [0.4, 0.5) is 0 Å². The van der Waals surface area contributed by atoms with Gasteiger partial charge in [0.2, 0.25) is 0 Å². The molecule has 0 radical (unpaired) electrons. The van der Waals surface area contributed by atoms with Crippen molar-refractivity contribution >= 4 is 16.7 Å². The molecule has 2 heterocycles. The van der Waals surface area contributed by atoms with Gasteiger partial charge in [0, 0.05) is 23.7 Å². The predicted octanol–water partition coefficient (Wildman–Crippen LogP) is 4.01. The molecule has 3 rings (SSSR count). The van der Waals surface area contributed by atoms with Crippen LogP contribution in [0.5, 0.6) is 0 Å². The van der Waals surface area contributed by atoms with Gasteiger partial charge in [-0.2, -0.15) is 0 Å². The van der Waals surface area contributed by atoms with Crippen molar-refractivity contribution in [1.29, 1.82) is 0 Å². The lowest BCUT2D eigenvalue weighted by atomic mass is 10.0. The van der Waals surface area contributed by atoms with Crippen molar-refractivity contribution in [2.45, 2.75) is 26.2 Å². The summed E-state index contributed by atoms with van der Waals surface area (Å²) >= 11 is 0. The van der Waals surface area contributed by atoms with E-state index in [-0.39, 0.29) is 5.78 Å². The first kappa shape index (κ1) is 14.4. The molecule has 3 nitrogen and oxygen atoms in total. The Morgan fingerprint density at radius 3 is 2.77 bits per heavy atom. The van der Waals surface area contributed by atoms with Crippen LogP contribution >= 0.6 is 0 Å². The molecule has 0 amide bonds. The molecular weight excluding hydrogens is 272 g/mol. The Balaban J connectivity index is 1.88. The van der Waals surface area contributed by atoms with Gasteiger partial charge >= 0.3 is 0 Å². The number of Topliss-reactive ketones (excluding diaryl/α,β-unsaturated/α-hetero) is 1. The van der Waals surface area contributed by atoms with Gasteiger partial charge in [0.1, 0.15) is 5.69 Å². The minimum atomic E-state index is 0.0503. The number of rotatable bonds is 5. The Labute approximate surface area is 130 Å². The molecule has 0 spiro atoms. The highest BCUT2D eigenvalue weighted by Crippen LogP contribution is 2.18. The fraction of sp³-hybridized carbons (Fsp3) is 0.211. The molecule has 0 saturated heterocycles. The van der Waals surface area contributed by atoms with E-state index in [0.29, 0.717) is 12.1 Å². The highest BCUT2D eigenvalue weighted by atomic mass is 16.1. The summed E-state index contributed by atoms with van der Waals surface area (Å²) < 4.78 is 0. The van der Waals surface area contributed by atoms with Crippen LogP contribution < -0.4 is 0 Å². The fourth-order valence-electron chi connectivity index (χ4n) is 2.60. The Morgan fingerprint density at radius 1 is 1.05 bits per heavy atom. The zero-order valence-electron chi connectivity index (χ0n) is 12.6. The zero-order valence-corrected chi connectivity index (χ0v) is 12.6. The van der Waals surface area contributed by atoms with Gasteiger partial charge in [0.05, 0.1) is 5.52 Å². The largest absolute Gasteiger partial charge is 0.292 e. The molecule has 2 aromatic heterocycles. The van der Waals surface area contributed by atoms with E-state index < -0.39 is 0 Å². The van der Waals surface area contributed by atoms with Crippen molar-refractivity contribution < 1.29 is 4.79 Å². The minimum Gasteiger partial charge on any atom is -0.292 e. The number of carbonyl (C=O) groups excluding carboxylic acids is 1. The van der Waals surface area contributed by atoms with Gasteiger partial charge in [-0.25, -0.2) is 4.98 Å². The number of benzene rings is 1. The summed E-state index contributed by atoms with van der Waals surface area (Å²) in [5.41, 5.74) is 3.44. The SMILES string of the molecule is CCCc1cccc(C(=O)Cc2ccnc3ccccc23)n1. The summed E-state index contributed by atoms with van der Waals surface area (Å²) in [6, 6.07) is 15.5. The lowest BCUT2D eigenvalue weighted by molar-refractivity contribution is 0.0988. The Kier molecular flexibility index (Phi) is 4.24. The molecule has 3 heteroatoms. The Morgan fingerprint density at radius 2 is 1.91 bits per heavy atom. The van der Waals surface area contributed by atoms with Crippen LogP contribution in [0.1, 0.15) is 35.1 Å². The standard InChI is InChI=1S/C19H18N2O/c1-2-6-15-7-5-10-18(21-15)19(22)13-14-11-12-20-17-9-4-3-8-16(14)17/h3-5,7-12H,2,6,13H2,1H3. The third kappa shape index (κ3) is 3.03. The average molecular weight is 290 g/mol. The first-order valence-electron chi connectivity index (χ1n) is 7.59. The summed E-state index contributed by atoms with van der Waals surface area (Å²) in [7, 11) is 0. The zero-order chi connectivity index (χ0) is 15.4. The number of hydrogen-bond donors (Lipinski definition) is 0. The number of ketones is 1. The molecule has 22 heavy (non-hydrogen) atoms. The van der Waals surface area contributed by atoms with E-state index in [0.717, 1.165) is 35.0 Å². The second-order valence-electron chi connectivity index (χ2n) is 5.35. The number of pyridine rings is 2. The third-order valence-corrected chi connectivity index (χ3v) is 3.69. The Hall–Kier alpha value is -2.55. The number of nitrogens with zero attached hydrogens (tertiary/aromatic N) is 2. The van der Waals surface area contributed by atoms with Crippen LogP contribution in [0.2, 0.25) is 0 Å². The van der Waals surface area contributed by atoms with Crippen molar-refractivity contribution in [2.24, 2.45) is 0 Å². The van der Waals surface area contributed by atoms with Crippen LogP contribution in [0.3, 0.4) is 0 Å². The molecule has 0 saturated carbocycles. The maximum atomic E-state index is 12.5. The maximum Gasteiger partial charge on any atom is 0.185 e. The van der Waals surface area contributed by atoms with Crippen molar-refractivity contribution in [1.82, 2.24) is 9.97 Å². The van der Waals surface area contributed by atoms with E-state index in [2.05, 4.69) is 16.9 Å². The van der Waals surface area contributed by atoms with Crippen LogP contribution in [0.15, 0.2) is 54.7 Å². The monoisotopic (exact) mass is 290 g/mol. The predicted molar refractivity (Wildman–Crippen MR) is 88.0 cm³/mol. The normalized spacial score (nSPS) is 10.8. The van der Waals surface area contributed by atoms with E-state index in [4.69, 9.17) is 0 Å². The van der Waals surface area contributed by atoms with E-state index in [1.807, 2.05) is 42.5 Å². The van der Waals surface area contributed by atoms with Crippen molar-refractivity contribution in [2.75, 3.05) is 0 Å². The highest BCUT2D eigenvalue weighted by Gasteiger charge is 2.11. The van der Waals surface area contributed by atoms with Gasteiger partial charge in [0.25, 0.3) is 0 Å². The van der Waals surface area contributed by atoms with Crippen molar-refractivity contribution in [3.63, 3.8) is 0 Å². The third-order valence-electron chi connectivity index (χ3n) is 3.69. The molecule has 0 aliphatic carbocycles. The van der Waals surface area contributed by atoms with Crippen LogP contribution in [0.25, 0.3) is 10.9 Å². The second-order valence-corrected chi connectivity index (χ2v) is 5.35. The number of aryl methyl sites for hydroxylation is 1. The smallest absolute Gasteiger partial charge is 0.185 e. The lowest BCUT2D eigenvalue weighted by Gasteiger charge is -2.06. The van der Waals surface area contributed by atoms with Crippen molar-refractivity contribution in [3.05, 3.63) is 71.7 Å². The molecule has 1 aromatic carbocycles. The molecule has 0 unspecified atom stereocenters. The van der Waals surface area contributed by atoms with E-state index >= 15 is 0 Å². The van der Waals surface area contributed by atoms with Gasteiger partial charge in [-0.15, -0.1) is 0 Å². The highest BCUT2D eigenvalue weighted by molar-refractivity contribution is 5.98. The number of carbonyl (C=O) groups is 1. The van der Waals surface area contributed by atoms with Crippen molar-refractivity contribution in [3.8, 4) is 0 Å². The number of hydrogen-bond acceptors (Lipinski definition) is 3. The lowest BCUT2D eigenvalue weighted by Crippen LogP contribution is -2.08. The summed E-state index contributed by atoms with van der Waals surface area (Å²) in [5, 5.41) is 1.03. The molecule has 0 N–H and O–H groups in total. The van der Waals surface area contributed by atoms with Crippen LogP contribution in [-0.2, 0) is 12.8 Å². The summed E-state index contributed by atoms with van der Waals surface area (Å²) in [6.07, 6.45) is 4.04. The summed E-state index contributed by atoms with van der Waals surface area (Å²) in [6.45, 7) is 2.11. The van der Waals surface area contributed by atoms with Gasteiger partial charge < -0.3 is 0 Å². The Bertz CT molecular complexity index is 806. The first-order valence-corrected chi connectivity index (χ1v) is 7.59. The minimum absolute atomic E-state index is 0.0503. The van der Waals surface area contributed by atoms with Gasteiger partial charge in [-0.1, -0.05) is 37.6 Å². The van der Waals surface area contributed by atoms with E-state index in [1.165, 1.54) is 0 Å². The second kappa shape index (κ2) is 6.48. The molecule has 110 valence electrons. The topological polar surface area (TPSA) is 42.9 Å². The van der Waals surface area contributed by atoms with Gasteiger partial charge in [-0.3, -0.25) is 9.78 Å². The molecule has 3 aromatic rings. The molecule has 0 atom stereocenters. The first-order chi connectivity index (χ1) is 10.8.